The van der Waals surface area contributed by atoms with Gasteiger partial charge in [0.2, 0.25) is 0 Å². The van der Waals surface area contributed by atoms with E-state index in [-0.39, 0.29) is 9.92 Å². The van der Waals surface area contributed by atoms with E-state index in [9.17, 15) is 10.1 Å². The highest BCUT2D eigenvalue weighted by Gasteiger charge is 2.10. The van der Waals surface area contributed by atoms with Gasteiger partial charge in [-0.1, -0.05) is 51.5 Å². The summed E-state index contributed by atoms with van der Waals surface area (Å²) in [7, 11) is 0. The molecule has 1 heterocycles. The van der Waals surface area contributed by atoms with Crippen LogP contribution in [0.1, 0.15) is 5.56 Å². The third-order valence-electron chi connectivity index (χ3n) is 3.17. The summed E-state index contributed by atoms with van der Waals surface area (Å²) in [5.41, 5.74) is 1.93. The lowest BCUT2D eigenvalue weighted by Crippen LogP contribution is -1.98. The van der Waals surface area contributed by atoms with Crippen LogP contribution in [0.4, 0.5) is 10.7 Å². The summed E-state index contributed by atoms with van der Waals surface area (Å²) in [5.74, 6) is 0. The number of nitro groups is 1. The predicted octanol–water partition coefficient (Wildman–Crippen LogP) is 5.18. The number of halogens is 1. The minimum absolute atomic E-state index is 0.174. The molecule has 0 spiro atoms. The highest BCUT2D eigenvalue weighted by Crippen LogP contribution is 2.30. The van der Waals surface area contributed by atoms with E-state index in [0.717, 1.165) is 37.8 Å². The van der Waals surface area contributed by atoms with Gasteiger partial charge >= 0.3 is 5.00 Å². The van der Waals surface area contributed by atoms with E-state index < -0.39 is 0 Å². The Balaban J connectivity index is 1.85. The molecule has 4 nitrogen and oxygen atoms in total. The molecule has 0 radical (unpaired) electrons. The van der Waals surface area contributed by atoms with Gasteiger partial charge in [-0.05, 0) is 23.1 Å². The minimum Gasteiger partial charge on any atom is -0.380 e. The van der Waals surface area contributed by atoms with Crippen molar-refractivity contribution in [2.75, 3.05) is 5.32 Å². The summed E-state index contributed by atoms with van der Waals surface area (Å²) in [6.45, 7) is 0.565. The molecule has 0 bridgehead atoms. The van der Waals surface area contributed by atoms with E-state index >= 15 is 0 Å². The van der Waals surface area contributed by atoms with Crippen LogP contribution in [0.5, 0.6) is 0 Å². The van der Waals surface area contributed by atoms with Gasteiger partial charge in [0.05, 0.1) is 4.92 Å². The first-order valence-corrected chi connectivity index (χ1v) is 7.95. The summed E-state index contributed by atoms with van der Waals surface area (Å²) in [6, 6.07) is 13.7. The molecule has 0 unspecified atom stereocenters. The maximum atomic E-state index is 10.7. The normalized spacial score (nSPS) is 10.7. The van der Waals surface area contributed by atoms with Crippen molar-refractivity contribution in [1.82, 2.24) is 0 Å². The van der Waals surface area contributed by atoms with Crippen molar-refractivity contribution in [1.29, 1.82) is 0 Å². The van der Waals surface area contributed by atoms with Gasteiger partial charge in [-0.3, -0.25) is 10.1 Å². The van der Waals surface area contributed by atoms with Crippen LogP contribution in [0.2, 0.25) is 0 Å². The molecular weight excluding hydrogens is 352 g/mol. The topological polar surface area (TPSA) is 55.2 Å². The molecule has 1 aromatic heterocycles. The molecule has 3 rings (SSSR count). The number of fused-ring (bicyclic) bond motifs is 1. The molecule has 0 saturated carbocycles. The third-order valence-corrected chi connectivity index (χ3v) is 4.79. The Morgan fingerprint density at radius 1 is 1.19 bits per heavy atom. The van der Waals surface area contributed by atoms with Gasteiger partial charge in [-0.2, -0.15) is 0 Å². The van der Waals surface area contributed by atoms with Crippen LogP contribution >= 0.6 is 27.3 Å². The first kappa shape index (κ1) is 14.0. The number of nitrogens with one attached hydrogen (secondary N) is 1. The first-order chi connectivity index (χ1) is 10.1. The summed E-state index contributed by atoms with van der Waals surface area (Å²) < 4.78 is 1.05. The van der Waals surface area contributed by atoms with E-state index in [1.165, 1.54) is 0 Å². The van der Waals surface area contributed by atoms with Gasteiger partial charge in [0, 0.05) is 33.5 Å². The van der Waals surface area contributed by atoms with Gasteiger partial charge in [0.25, 0.3) is 0 Å². The highest BCUT2D eigenvalue weighted by atomic mass is 79.9. The zero-order valence-electron chi connectivity index (χ0n) is 10.9. The number of hydrogen-bond donors (Lipinski definition) is 1. The summed E-state index contributed by atoms with van der Waals surface area (Å²) in [5, 5.41) is 18.3. The summed E-state index contributed by atoms with van der Waals surface area (Å²) in [4.78, 5) is 10.3. The molecule has 0 atom stereocenters. The standard InChI is InChI=1S/C15H11BrN2O2S/c16-13-5-6-14(12-4-2-1-3-11(12)13)17-8-10-7-15(18(19)20)21-9-10/h1-7,9,17H,8H2. The molecule has 3 aromatic rings. The van der Waals surface area contributed by atoms with Crippen LogP contribution in [0.3, 0.4) is 0 Å². The largest absolute Gasteiger partial charge is 0.380 e. The third kappa shape index (κ3) is 2.91. The van der Waals surface area contributed by atoms with E-state index in [1.54, 1.807) is 6.07 Å². The fourth-order valence-corrected chi connectivity index (χ4v) is 3.37. The van der Waals surface area contributed by atoms with Crippen LogP contribution in [0, 0.1) is 10.1 Å². The lowest BCUT2D eigenvalue weighted by molar-refractivity contribution is -0.380. The number of hydrogen-bond acceptors (Lipinski definition) is 4. The zero-order chi connectivity index (χ0) is 14.8. The lowest BCUT2D eigenvalue weighted by Gasteiger charge is -2.10. The molecule has 0 aliphatic carbocycles. The van der Waals surface area contributed by atoms with Crippen molar-refractivity contribution in [3.63, 3.8) is 0 Å². The second-order valence-corrected chi connectivity index (χ2v) is 6.29. The Morgan fingerprint density at radius 2 is 1.95 bits per heavy atom. The van der Waals surface area contributed by atoms with Crippen LogP contribution in [0.15, 0.2) is 52.3 Å². The number of rotatable bonds is 4. The predicted molar refractivity (Wildman–Crippen MR) is 89.9 cm³/mol. The molecule has 2 aromatic carbocycles. The number of benzene rings is 2. The highest BCUT2D eigenvalue weighted by molar-refractivity contribution is 9.10. The maximum Gasteiger partial charge on any atom is 0.324 e. The van der Waals surface area contributed by atoms with Crippen molar-refractivity contribution in [3.8, 4) is 0 Å². The molecule has 6 heteroatoms. The SMILES string of the molecule is O=[N+]([O-])c1cc(CNc2ccc(Br)c3ccccc23)cs1. The Bertz CT molecular complexity index is 816. The van der Waals surface area contributed by atoms with E-state index in [0.29, 0.717) is 6.54 Å². The zero-order valence-corrected chi connectivity index (χ0v) is 13.3. The van der Waals surface area contributed by atoms with Crippen molar-refractivity contribution in [2.45, 2.75) is 6.54 Å². The fourth-order valence-electron chi connectivity index (χ4n) is 2.16. The van der Waals surface area contributed by atoms with Crippen LogP contribution in [-0.2, 0) is 6.54 Å². The monoisotopic (exact) mass is 362 g/mol. The Labute approximate surface area is 133 Å². The number of anilines is 1. The maximum absolute atomic E-state index is 10.7. The smallest absolute Gasteiger partial charge is 0.324 e. The number of thiophene rings is 1. The molecule has 0 saturated heterocycles. The molecule has 0 fully saturated rings. The average molecular weight is 363 g/mol. The Morgan fingerprint density at radius 3 is 2.67 bits per heavy atom. The van der Waals surface area contributed by atoms with Crippen molar-refractivity contribution in [3.05, 3.63) is 68.0 Å². The molecular formula is C15H11BrN2O2S. The van der Waals surface area contributed by atoms with Gasteiger partial charge in [0.1, 0.15) is 0 Å². The summed E-state index contributed by atoms with van der Waals surface area (Å²) >= 11 is 4.70. The average Bonchev–Trinajstić information content (AvgIpc) is 2.96. The van der Waals surface area contributed by atoms with Crippen LogP contribution < -0.4 is 5.32 Å². The van der Waals surface area contributed by atoms with Crippen LogP contribution in [0.25, 0.3) is 10.8 Å². The molecule has 106 valence electrons. The summed E-state index contributed by atoms with van der Waals surface area (Å²) in [6.07, 6.45) is 0. The second-order valence-electron chi connectivity index (χ2n) is 4.54. The molecule has 1 N–H and O–H groups in total. The molecule has 0 aliphatic heterocycles. The Hall–Kier alpha value is -1.92. The lowest BCUT2D eigenvalue weighted by atomic mass is 10.1. The fraction of sp³-hybridized carbons (Fsp3) is 0.0667. The molecule has 0 aliphatic rings. The Kier molecular flexibility index (Phi) is 3.90. The van der Waals surface area contributed by atoms with Crippen LogP contribution in [-0.4, -0.2) is 4.92 Å². The van der Waals surface area contributed by atoms with Crippen molar-refractivity contribution in [2.24, 2.45) is 0 Å². The molecule has 21 heavy (non-hydrogen) atoms. The van der Waals surface area contributed by atoms with Crippen molar-refractivity contribution >= 4 is 48.7 Å². The van der Waals surface area contributed by atoms with Crippen molar-refractivity contribution < 1.29 is 4.92 Å². The van der Waals surface area contributed by atoms with Gasteiger partial charge in [-0.15, -0.1) is 0 Å². The van der Waals surface area contributed by atoms with E-state index in [1.807, 2.05) is 29.6 Å². The molecule has 0 amide bonds. The first-order valence-electron chi connectivity index (χ1n) is 6.28. The van der Waals surface area contributed by atoms with Gasteiger partial charge < -0.3 is 5.32 Å². The quantitative estimate of drug-likeness (QED) is 0.513. The van der Waals surface area contributed by atoms with Gasteiger partial charge in [-0.25, -0.2) is 0 Å². The minimum atomic E-state index is -0.358. The number of nitrogens with zero attached hydrogens (tertiary/aromatic N) is 1. The van der Waals surface area contributed by atoms with E-state index in [4.69, 9.17) is 0 Å². The second kappa shape index (κ2) is 5.83. The van der Waals surface area contributed by atoms with Gasteiger partial charge in [0.15, 0.2) is 0 Å². The van der Waals surface area contributed by atoms with E-state index in [2.05, 4.69) is 33.4 Å².